The smallest absolute Gasteiger partial charge is 0.0960 e. The molecule has 0 saturated heterocycles. The van der Waals surface area contributed by atoms with Crippen LogP contribution in [0.15, 0.2) is 11.4 Å². The third-order valence-electron chi connectivity index (χ3n) is 2.35. The number of thiophene rings is 1. The minimum atomic E-state index is 0.287. The topological polar surface area (TPSA) is 21.3 Å². The van der Waals surface area contributed by atoms with Crippen molar-refractivity contribution in [1.82, 2.24) is 5.32 Å². The summed E-state index contributed by atoms with van der Waals surface area (Å²) in [6.45, 7) is 4.96. The molecule has 1 atom stereocenters. The fourth-order valence-corrected chi connectivity index (χ4v) is 2.58. The number of hydrogen-bond acceptors (Lipinski definition) is 3. The summed E-state index contributed by atoms with van der Waals surface area (Å²) in [6.07, 6.45) is 1.38. The third-order valence-corrected chi connectivity index (χ3v) is 3.35. The fraction of sp³-hybridized carbons (Fsp3) is 0.600. The average molecular weight is 197 g/mol. The molecule has 1 aromatic rings. The Kier molecular flexibility index (Phi) is 2.98. The Morgan fingerprint density at radius 2 is 2.62 bits per heavy atom. The van der Waals surface area contributed by atoms with Crippen molar-refractivity contribution in [1.29, 1.82) is 0 Å². The maximum Gasteiger partial charge on any atom is 0.0960 e. The van der Waals surface area contributed by atoms with Gasteiger partial charge in [0.15, 0.2) is 0 Å². The van der Waals surface area contributed by atoms with Gasteiger partial charge in [-0.3, -0.25) is 0 Å². The normalized spacial score (nSPS) is 21.5. The molecule has 1 aromatic heterocycles. The molecule has 0 aliphatic carbocycles. The van der Waals surface area contributed by atoms with E-state index in [1.54, 1.807) is 0 Å². The molecule has 0 saturated carbocycles. The first kappa shape index (κ1) is 9.19. The summed E-state index contributed by atoms with van der Waals surface area (Å²) in [5, 5.41) is 5.49. The molecule has 1 N–H and O–H groups in total. The van der Waals surface area contributed by atoms with Crippen molar-refractivity contribution in [2.45, 2.75) is 19.4 Å². The van der Waals surface area contributed by atoms with Gasteiger partial charge in [-0.1, -0.05) is 6.92 Å². The molecular weight excluding hydrogens is 182 g/mol. The number of hydrogen-bond donors (Lipinski definition) is 1. The quantitative estimate of drug-likeness (QED) is 0.800. The van der Waals surface area contributed by atoms with Gasteiger partial charge in [-0.25, -0.2) is 0 Å². The Morgan fingerprint density at radius 1 is 1.69 bits per heavy atom. The lowest BCUT2D eigenvalue weighted by Crippen LogP contribution is -2.26. The highest BCUT2D eigenvalue weighted by Gasteiger charge is 2.20. The van der Waals surface area contributed by atoms with Gasteiger partial charge in [0.05, 0.1) is 12.7 Å². The largest absolute Gasteiger partial charge is 0.372 e. The zero-order chi connectivity index (χ0) is 9.10. The zero-order valence-electron chi connectivity index (χ0n) is 7.88. The van der Waals surface area contributed by atoms with Crippen LogP contribution >= 0.6 is 11.3 Å². The third kappa shape index (κ3) is 1.93. The number of likely N-dealkylation sites (N-methyl/N-ethyl adjacent to an activating group) is 1. The van der Waals surface area contributed by atoms with Crippen LogP contribution in [-0.2, 0) is 11.2 Å². The van der Waals surface area contributed by atoms with Gasteiger partial charge in [0, 0.05) is 17.8 Å². The molecule has 2 nitrogen and oxygen atoms in total. The lowest BCUT2D eigenvalue weighted by Gasteiger charge is -2.23. The number of rotatable bonds is 3. The maximum atomic E-state index is 5.71. The molecule has 0 spiro atoms. The number of ether oxygens (including phenoxy) is 1. The first-order valence-electron chi connectivity index (χ1n) is 4.80. The molecule has 2 rings (SSSR count). The molecule has 0 amide bonds. The second-order valence-corrected chi connectivity index (χ2v) is 4.22. The molecule has 3 heteroatoms. The molecule has 1 aliphatic heterocycles. The molecule has 13 heavy (non-hydrogen) atoms. The van der Waals surface area contributed by atoms with Crippen LogP contribution in [0.2, 0.25) is 0 Å². The van der Waals surface area contributed by atoms with E-state index < -0.39 is 0 Å². The van der Waals surface area contributed by atoms with Gasteiger partial charge in [-0.15, -0.1) is 11.3 Å². The summed E-state index contributed by atoms with van der Waals surface area (Å²) in [5.41, 5.74) is 1.40. The number of nitrogens with one attached hydrogen (secondary N) is 1. The molecule has 0 aromatic carbocycles. The molecular formula is C10H15NOS. The molecule has 2 heterocycles. The van der Waals surface area contributed by atoms with Crippen LogP contribution in [0.25, 0.3) is 0 Å². The lowest BCUT2D eigenvalue weighted by molar-refractivity contribution is 0.0442. The zero-order valence-corrected chi connectivity index (χ0v) is 8.69. The van der Waals surface area contributed by atoms with E-state index in [4.69, 9.17) is 4.74 Å². The van der Waals surface area contributed by atoms with E-state index in [2.05, 4.69) is 23.7 Å². The SMILES string of the molecule is CCNCC1OCCc2sccc21. The van der Waals surface area contributed by atoms with E-state index in [0.717, 1.165) is 26.1 Å². The highest BCUT2D eigenvalue weighted by molar-refractivity contribution is 7.10. The van der Waals surface area contributed by atoms with E-state index in [9.17, 15) is 0 Å². The molecule has 1 aliphatic rings. The summed E-state index contributed by atoms with van der Waals surface area (Å²) in [5.74, 6) is 0. The predicted octanol–water partition coefficient (Wildman–Crippen LogP) is 1.97. The first-order valence-corrected chi connectivity index (χ1v) is 5.68. The Labute approximate surface area is 82.9 Å². The summed E-state index contributed by atoms with van der Waals surface area (Å²) in [7, 11) is 0. The Hall–Kier alpha value is -0.380. The van der Waals surface area contributed by atoms with Crippen LogP contribution in [0.3, 0.4) is 0 Å². The Bertz CT molecular complexity index is 272. The van der Waals surface area contributed by atoms with Gasteiger partial charge in [0.1, 0.15) is 0 Å². The molecule has 72 valence electrons. The van der Waals surface area contributed by atoms with E-state index >= 15 is 0 Å². The Balaban J connectivity index is 2.07. The van der Waals surface area contributed by atoms with Crippen LogP contribution < -0.4 is 5.32 Å². The monoisotopic (exact) mass is 197 g/mol. The Morgan fingerprint density at radius 3 is 3.46 bits per heavy atom. The van der Waals surface area contributed by atoms with Crippen molar-refractivity contribution >= 4 is 11.3 Å². The van der Waals surface area contributed by atoms with Crippen LogP contribution in [0.4, 0.5) is 0 Å². The highest BCUT2D eigenvalue weighted by Crippen LogP contribution is 2.30. The van der Waals surface area contributed by atoms with Gasteiger partial charge in [-0.05, 0) is 23.6 Å². The van der Waals surface area contributed by atoms with Gasteiger partial charge < -0.3 is 10.1 Å². The average Bonchev–Trinajstić information content (AvgIpc) is 2.62. The van der Waals surface area contributed by atoms with E-state index in [-0.39, 0.29) is 6.10 Å². The highest BCUT2D eigenvalue weighted by atomic mass is 32.1. The molecule has 0 radical (unpaired) electrons. The maximum absolute atomic E-state index is 5.71. The van der Waals surface area contributed by atoms with Gasteiger partial charge in [-0.2, -0.15) is 0 Å². The van der Waals surface area contributed by atoms with Gasteiger partial charge in [0.2, 0.25) is 0 Å². The van der Waals surface area contributed by atoms with Crippen molar-refractivity contribution < 1.29 is 4.74 Å². The van der Waals surface area contributed by atoms with E-state index in [0.29, 0.717) is 0 Å². The van der Waals surface area contributed by atoms with Crippen molar-refractivity contribution in [2.24, 2.45) is 0 Å². The van der Waals surface area contributed by atoms with E-state index in [1.807, 2.05) is 11.3 Å². The molecule has 1 unspecified atom stereocenters. The minimum absolute atomic E-state index is 0.287. The fourth-order valence-electron chi connectivity index (χ4n) is 1.67. The minimum Gasteiger partial charge on any atom is -0.372 e. The second kappa shape index (κ2) is 4.22. The summed E-state index contributed by atoms with van der Waals surface area (Å²) in [4.78, 5) is 1.51. The second-order valence-electron chi connectivity index (χ2n) is 3.22. The molecule has 0 bridgehead atoms. The van der Waals surface area contributed by atoms with Crippen molar-refractivity contribution in [3.05, 3.63) is 21.9 Å². The van der Waals surface area contributed by atoms with Crippen molar-refractivity contribution in [2.75, 3.05) is 19.7 Å². The van der Waals surface area contributed by atoms with Crippen LogP contribution in [0.1, 0.15) is 23.5 Å². The van der Waals surface area contributed by atoms with Crippen molar-refractivity contribution in [3.63, 3.8) is 0 Å². The summed E-state index contributed by atoms with van der Waals surface area (Å²) in [6, 6.07) is 2.20. The summed E-state index contributed by atoms with van der Waals surface area (Å²) >= 11 is 1.85. The van der Waals surface area contributed by atoms with E-state index in [1.165, 1.54) is 10.4 Å². The van der Waals surface area contributed by atoms with Gasteiger partial charge in [0.25, 0.3) is 0 Å². The predicted molar refractivity (Wildman–Crippen MR) is 55.3 cm³/mol. The van der Waals surface area contributed by atoms with Crippen molar-refractivity contribution in [3.8, 4) is 0 Å². The van der Waals surface area contributed by atoms with Crippen LogP contribution in [0, 0.1) is 0 Å². The number of fused-ring (bicyclic) bond motifs is 1. The first-order chi connectivity index (χ1) is 6.42. The summed E-state index contributed by atoms with van der Waals surface area (Å²) < 4.78 is 5.71. The van der Waals surface area contributed by atoms with Crippen LogP contribution in [0.5, 0.6) is 0 Å². The standard InChI is InChI=1S/C10H15NOS/c1-2-11-7-9-8-4-6-13-10(8)3-5-12-9/h4,6,9,11H,2-3,5,7H2,1H3. The molecule has 0 fully saturated rings. The lowest BCUT2D eigenvalue weighted by atomic mass is 10.1. The van der Waals surface area contributed by atoms with Crippen LogP contribution in [-0.4, -0.2) is 19.7 Å². The van der Waals surface area contributed by atoms with Gasteiger partial charge >= 0.3 is 0 Å².